The molecule has 1 N–H and O–H groups in total. The number of carbonyl (C=O) groups is 2. The number of carboxylic acid groups (broad SMARTS) is 1. The molecule has 8 nitrogen and oxygen atoms in total. The first kappa shape index (κ1) is 17.8. The molecule has 8 heteroatoms. The molecular weight excluding hydrogens is 284 g/mol. The molecule has 0 bridgehead atoms. The maximum Gasteiger partial charge on any atom is 0.337 e. The van der Waals surface area contributed by atoms with E-state index in [2.05, 4.69) is 4.74 Å². The van der Waals surface area contributed by atoms with Crippen LogP contribution >= 0.6 is 0 Å². The van der Waals surface area contributed by atoms with Crippen LogP contribution in [-0.2, 0) is 33.3 Å². The van der Waals surface area contributed by atoms with Gasteiger partial charge in [-0.05, 0) is 12.8 Å². The highest BCUT2D eigenvalue weighted by molar-refractivity contribution is 5.74. The molecule has 2 rings (SSSR count). The van der Waals surface area contributed by atoms with Crippen LogP contribution in [0.5, 0.6) is 0 Å². The number of aliphatic carboxylic acids is 1. The highest BCUT2D eigenvalue weighted by atomic mass is 16.7. The molecule has 2 heterocycles. The third kappa shape index (κ3) is 5.58. The van der Waals surface area contributed by atoms with Gasteiger partial charge in [0.2, 0.25) is 0 Å². The highest BCUT2D eigenvalue weighted by Gasteiger charge is 2.31. The Hall–Kier alpha value is -1.22. The first-order valence-electron chi connectivity index (χ1n) is 6.86. The third-order valence-corrected chi connectivity index (χ3v) is 2.91. The Labute approximate surface area is 124 Å². The molecule has 0 aromatic carbocycles. The first-order valence-corrected chi connectivity index (χ1v) is 6.86. The van der Waals surface area contributed by atoms with Crippen LogP contribution < -0.4 is 0 Å². The van der Waals surface area contributed by atoms with E-state index in [1.54, 1.807) is 0 Å². The molecule has 2 aliphatic rings. The van der Waals surface area contributed by atoms with Crippen LogP contribution in [0.25, 0.3) is 0 Å². The van der Waals surface area contributed by atoms with Gasteiger partial charge in [-0.3, -0.25) is 0 Å². The van der Waals surface area contributed by atoms with E-state index in [0.717, 1.165) is 6.42 Å². The number of rotatable bonds is 4. The smallest absolute Gasteiger partial charge is 0.337 e. The molecule has 2 unspecified atom stereocenters. The molecule has 2 fully saturated rings. The molecule has 21 heavy (non-hydrogen) atoms. The van der Waals surface area contributed by atoms with Crippen molar-refractivity contribution < 1.29 is 39.8 Å². The van der Waals surface area contributed by atoms with Crippen molar-refractivity contribution in [2.75, 3.05) is 20.3 Å². The lowest BCUT2D eigenvalue weighted by Crippen LogP contribution is -2.24. The Morgan fingerprint density at radius 3 is 1.90 bits per heavy atom. The van der Waals surface area contributed by atoms with Gasteiger partial charge in [0.05, 0.1) is 20.3 Å². The van der Waals surface area contributed by atoms with E-state index in [9.17, 15) is 9.59 Å². The van der Waals surface area contributed by atoms with Crippen LogP contribution in [0, 0.1) is 0 Å². The van der Waals surface area contributed by atoms with Gasteiger partial charge in [-0.1, -0.05) is 13.8 Å². The summed E-state index contributed by atoms with van der Waals surface area (Å²) in [6, 6.07) is 0. The van der Waals surface area contributed by atoms with Gasteiger partial charge < -0.3 is 28.8 Å². The summed E-state index contributed by atoms with van der Waals surface area (Å²) in [7, 11) is 1.34. The zero-order valence-electron chi connectivity index (χ0n) is 12.4. The van der Waals surface area contributed by atoms with Gasteiger partial charge >= 0.3 is 11.9 Å². The fourth-order valence-electron chi connectivity index (χ4n) is 1.73. The maximum atomic E-state index is 10.8. The van der Waals surface area contributed by atoms with Crippen LogP contribution in [-0.4, -0.2) is 62.2 Å². The number of hydrogen-bond acceptors (Lipinski definition) is 7. The summed E-state index contributed by atoms with van der Waals surface area (Å²) in [6.45, 7) is 4.30. The molecule has 0 aliphatic carbocycles. The Morgan fingerprint density at radius 2 is 1.57 bits per heavy atom. The number of ether oxygens (including phenoxy) is 5. The molecule has 0 amide bonds. The predicted octanol–water partition coefficient (Wildman–Crippen LogP) is 0.779. The van der Waals surface area contributed by atoms with Crippen molar-refractivity contribution >= 4 is 11.9 Å². The number of carboxylic acids is 1. The van der Waals surface area contributed by atoms with Gasteiger partial charge in [-0.15, -0.1) is 0 Å². The van der Waals surface area contributed by atoms with E-state index in [1.165, 1.54) is 7.11 Å². The molecule has 0 aromatic rings. The van der Waals surface area contributed by atoms with Crippen LogP contribution in [0.1, 0.15) is 28.1 Å². The van der Waals surface area contributed by atoms with E-state index >= 15 is 0 Å². The second kappa shape index (κ2) is 8.93. The monoisotopic (exact) mass is 309 g/mol. The molecule has 0 saturated carbocycles. The minimum Gasteiger partial charge on any atom is -0.479 e. The van der Waals surface area contributed by atoms with Crippen molar-refractivity contribution in [1.82, 2.24) is 0 Å². The SMILES string of the molecule is CC[C@@H]1OCC(C(=O)O)O1.CC[C@H]1OCC(C(=O)OC)O1.[2HH]. The van der Waals surface area contributed by atoms with Crippen LogP contribution in [0.3, 0.4) is 0 Å². The molecule has 0 radical (unpaired) electrons. The minimum atomic E-state index is -0.948. The molecule has 2 aliphatic heterocycles. The number of carbonyl (C=O) groups excluding carboxylic acids is 1. The number of esters is 1. The Morgan fingerprint density at radius 1 is 1.10 bits per heavy atom. The largest absolute Gasteiger partial charge is 0.479 e. The topological polar surface area (TPSA) is 101 Å². The lowest BCUT2D eigenvalue weighted by atomic mass is 10.4. The molecule has 124 valence electrons. The van der Waals surface area contributed by atoms with Crippen molar-refractivity contribution in [3.05, 3.63) is 0 Å². The summed E-state index contributed by atoms with van der Waals surface area (Å²) in [5.74, 6) is -1.31. The average Bonchev–Trinajstić information content (AvgIpc) is 3.15. The fraction of sp³-hybridized carbons (Fsp3) is 0.846. The Bertz CT molecular complexity index is 351. The van der Waals surface area contributed by atoms with Crippen molar-refractivity contribution in [3.63, 3.8) is 0 Å². The van der Waals surface area contributed by atoms with Crippen molar-refractivity contribution in [3.8, 4) is 0 Å². The van der Waals surface area contributed by atoms with E-state index in [-0.39, 0.29) is 26.6 Å². The van der Waals surface area contributed by atoms with Gasteiger partial charge in [0.1, 0.15) is 0 Å². The second-order valence-electron chi connectivity index (χ2n) is 4.45. The summed E-state index contributed by atoms with van der Waals surface area (Å²) >= 11 is 0. The summed E-state index contributed by atoms with van der Waals surface area (Å²) in [5, 5.41) is 8.42. The quantitative estimate of drug-likeness (QED) is 0.760. The van der Waals surface area contributed by atoms with E-state index in [1.807, 2.05) is 13.8 Å². The average molecular weight is 309 g/mol. The predicted molar refractivity (Wildman–Crippen MR) is 71.6 cm³/mol. The van der Waals surface area contributed by atoms with Crippen molar-refractivity contribution in [1.29, 1.82) is 0 Å². The van der Waals surface area contributed by atoms with Crippen LogP contribution in [0.2, 0.25) is 0 Å². The van der Waals surface area contributed by atoms with Crippen molar-refractivity contribution in [2.24, 2.45) is 0 Å². The lowest BCUT2D eigenvalue weighted by Gasteiger charge is -2.06. The first-order chi connectivity index (χ1) is 10.0. The summed E-state index contributed by atoms with van der Waals surface area (Å²) in [4.78, 5) is 21.1. The minimum absolute atomic E-state index is 0. The second-order valence-corrected chi connectivity index (χ2v) is 4.45. The van der Waals surface area contributed by atoms with Crippen molar-refractivity contribution in [2.45, 2.75) is 51.5 Å². The van der Waals surface area contributed by atoms with Crippen LogP contribution in [0.15, 0.2) is 0 Å². The molecule has 4 atom stereocenters. The third-order valence-electron chi connectivity index (χ3n) is 2.91. The van der Waals surface area contributed by atoms with Crippen LogP contribution in [0.4, 0.5) is 0 Å². The van der Waals surface area contributed by atoms with E-state index in [0.29, 0.717) is 13.0 Å². The maximum absolute atomic E-state index is 10.8. The van der Waals surface area contributed by atoms with Gasteiger partial charge in [0, 0.05) is 1.43 Å². The van der Waals surface area contributed by atoms with Gasteiger partial charge in [0.25, 0.3) is 0 Å². The van der Waals surface area contributed by atoms with Gasteiger partial charge in [-0.25, -0.2) is 9.59 Å². The van der Waals surface area contributed by atoms with Gasteiger partial charge in [0.15, 0.2) is 24.8 Å². The highest BCUT2D eigenvalue weighted by Crippen LogP contribution is 2.15. The molecule has 0 spiro atoms. The Kier molecular flexibility index (Phi) is 7.58. The van der Waals surface area contributed by atoms with E-state index < -0.39 is 18.2 Å². The summed E-state index contributed by atoms with van der Waals surface area (Å²) in [5.41, 5.74) is 0. The number of hydrogen-bond donors (Lipinski definition) is 1. The number of methoxy groups -OCH3 is 1. The molecule has 2 saturated heterocycles. The molecular formula is C13H24O8. The van der Waals surface area contributed by atoms with E-state index in [4.69, 9.17) is 24.1 Å². The normalized spacial score (nSPS) is 31.4. The van der Waals surface area contributed by atoms with Gasteiger partial charge in [-0.2, -0.15) is 0 Å². The Balaban J connectivity index is 0.000000385. The zero-order chi connectivity index (χ0) is 15.8. The summed E-state index contributed by atoms with van der Waals surface area (Å²) < 4.78 is 24.7. The summed E-state index contributed by atoms with van der Waals surface area (Å²) in [6.07, 6.45) is -0.382. The zero-order valence-corrected chi connectivity index (χ0v) is 12.4. The lowest BCUT2D eigenvalue weighted by molar-refractivity contribution is -0.154. The molecule has 0 aromatic heterocycles. The standard InChI is InChI=1S/C7H12O4.C6H10O4.H2/c1-3-6-10-4-5(11-6)7(8)9-2;1-2-5-9-3-4(10-5)6(7)8;/h5-6H,3-4H2,1-2H3;4-5H,2-3H2,1H3,(H,7,8);1H/t5?,6-;4?,5-;/m01./s1/i;;1+1. The fourth-order valence-corrected chi connectivity index (χ4v) is 1.73.